The zero-order valence-corrected chi connectivity index (χ0v) is 17.2. The first-order valence-corrected chi connectivity index (χ1v) is 10.4. The summed E-state index contributed by atoms with van der Waals surface area (Å²) >= 11 is 5.97. The summed E-state index contributed by atoms with van der Waals surface area (Å²) in [4.78, 5) is 24.2. The number of Topliss-reactive ketones (excluding diaryl/α,β-unsaturated/α-hetero) is 1. The van der Waals surface area contributed by atoms with Gasteiger partial charge >= 0.3 is 5.97 Å². The molecule has 0 radical (unpaired) electrons. The molecule has 0 saturated carbocycles. The standard InChI is InChI=1S/C19H18ClF2NO5S/c1-3-23(4-2)29(26,27)13-6-7-15(20)14(10-13)19(25)28-11-18(24)12-5-8-16(21)17(22)9-12/h5-10H,3-4,11H2,1-2H3. The molecule has 0 aliphatic rings. The topological polar surface area (TPSA) is 80.8 Å². The summed E-state index contributed by atoms with van der Waals surface area (Å²) in [5.74, 6) is -4.11. The molecule has 0 aliphatic carbocycles. The molecule has 0 N–H and O–H groups in total. The zero-order chi connectivity index (χ0) is 21.8. The van der Waals surface area contributed by atoms with Crippen LogP contribution in [0.25, 0.3) is 0 Å². The van der Waals surface area contributed by atoms with E-state index in [1.165, 1.54) is 16.4 Å². The van der Waals surface area contributed by atoms with Crippen LogP contribution >= 0.6 is 11.6 Å². The Morgan fingerprint density at radius 1 is 1.03 bits per heavy atom. The van der Waals surface area contributed by atoms with Gasteiger partial charge in [-0.05, 0) is 36.4 Å². The smallest absolute Gasteiger partial charge is 0.340 e. The molecule has 2 aromatic rings. The van der Waals surface area contributed by atoms with Gasteiger partial charge in [-0.1, -0.05) is 25.4 Å². The minimum absolute atomic E-state index is 0.0613. The number of carbonyl (C=O) groups excluding carboxylic acids is 2. The highest BCUT2D eigenvalue weighted by Crippen LogP contribution is 2.24. The second-order valence-electron chi connectivity index (χ2n) is 5.86. The maximum Gasteiger partial charge on any atom is 0.340 e. The Bertz CT molecular complexity index is 1040. The zero-order valence-electron chi connectivity index (χ0n) is 15.6. The summed E-state index contributed by atoms with van der Waals surface area (Å²) in [7, 11) is -3.83. The van der Waals surface area contributed by atoms with Gasteiger partial charge in [-0.3, -0.25) is 4.79 Å². The first-order valence-electron chi connectivity index (χ1n) is 8.56. The number of hydrogen-bond donors (Lipinski definition) is 0. The number of rotatable bonds is 8. The fourth-order valence-electron chi connectivity index (χ4n) is 2.50. The van der Waals surface area contributed by atoms with Crippen molar-refractivity contribution in [2.45, 2.75) is 18.7 Å². The number of ketones is 1. The third kappa shape index (κ3) is 5.17. The van der Waals surface area contributed by atoms with Crippen LogP contribution in [0.5, 0.6) is 0 Å². The van der Waals surface area contributed by atoms with Crippen molar-refractivity contribution in [1.82, 2.24) is 4.31 Å². The fourth-order valence-corrected chi connectivity index (χ4v) is 4.18. The van der Waals surface area contributed by atoms with Crippen molar-refractivity contribution in [3.8, 4) is 0 Å². The Balaban J connectivity index is 2.20. The van der Waals surface area contributed by atoms with E-state index in [-0.39, 0.29) is 34.1 Å². The largest absolute Gasteiger partial charge is 0.454 e. The van der Waals surface area contributed by atoms with Crippen molar-refractivity contribution in [3.05, 3.63) is 64.2 Å². The molecular weight excluding hydrogens is 428 g/mol. The van der Waals surface area contributed by atoms with E-state index in [0.29, 0.717) is 6.07 Å². The first kappa shape index (κ1) is 22.9. The minimum Gasteiger partial charge on any atom is -0.454 e. The molecule has 2 rings (SSSR count). The van der Waals surface area contributed by atoms with Crippen LogP contribution in [-0.4, -0.2) is 44.2 Å². The van der Waals surface area contributed by atoms with Crippen molar-refractivity contribution < 1.29 is 31.5 Å². The molecular formula is C19H18ClF2NO5S. The molecule has 0 saturated heterocycles. The van der Waals surface area contributed by atoms with Gasteiger partial charge in [0, 0.05) is 18.7 Å². The predicted molar refractivity (Wildman–Crippen MR) is 103 cm³/mol. The number of benzene rings is 2. The summed E-state index contributed by atoms with van der Waals surface area (Å²) in [6.45, 7) is 3.08. The van der Waals surface area contributed by atoms with Gasteiger partial charge in [-0.25, -0.2) is 22.0 Å². The van der Waals surface area contributed by atoms with Gasteiger partial charge in [0.05, 0.1) is 15.5 Å². The second-order valence-corrected chi connectivity index (χ2v) is 8.20. The van der Waals surface area contributed by atoms with E-state index in [2.05, 4.69) is 0 Å². The number of ether oxygens (including phenoxy) is 1. The van der Waals surface area contributed by atoms with Gasteiger partial charge < -0.3 is 4.74 Å². The van der Waals surface area contributed by atoms with E-state index in [1.807, 2.05) is 0 Å². The molecule has 0 heterocycles. The average Bonchev–Trinajstić information content (AvgIpc) is 2.68. The maximum atomic E-state index is 13.2. The van der Waals surface area contributed by atoms with Crippen LogP contribution in [-0.2, 0) is 14.8 Å². The highest BCUT2D eigenvalue weighted by atomic mass is 35.5. The molecule has 2 aromatic carbocycles. The van der Waals surface area contributed by atoms with E-state index in [0.717, 1.165) is 18.2 Å². The molecule has 0 aromatic heterocycles. The van der Waals surface area contributed by atoms with Crippen molar-refractivity contribution in [1.29, 1.82) is 0 Å². The van der Waals surface area contributed by atoms with Crippen LogP contribution < -0.4 is 0 Å². The lowest BCUT2D eigenvalue weighted by molar-refractivity contribution is 0.0474. The average molecular weight is 446 g/mol. The third-order valence-corrected chi connectivity index (χ3v) is 6.45. The van der Waals surface area contributed by atoms with E-state index in [4.69, 9.17) is 16.3 Å². The lowest BCUT2D eigenvalue weighted by Crippen LogP contribution is -2.30. The number of nitrogens with zero attached hydrogens (tertiary/aromatic N) is 1. The van der Waals surface area contributed by atoms with Gasteiger partial charge in [-0.2, -0.15) is 4.31 Å². The normalized spacial score (nSPS) is 11.5. The monoisotopic (exact) mass is 445 g/mol. The Labute approximate surface area is 172 Å². The summed E-state index contributed by atoms with van der Waals surface area (Å²) in [5, 5.41) is -0.0613. The van der Waals surface area contributed by atoms with Gasteiger partial charge in [-0.15, -0.1) is 0 Å². The first-order chi connectivity index (χ1) is 13.6. The molecule has 6 nitrogen and oxygen atoms in total. The van der Waals surface area contributed by atoms with Crippen molar-refractivity contribution >= 4 is 33.4 Å². The van der Waals surface area contributed by atoms with Crippen LogP contribution in [0.3, 0.4) is 0 Å². The molecule has 0 amide bonds. The second kappa shape index (κ2) is 9.43. The lowest BCUT2D eigenvalue weighted by atomic mass is 10.1. The van der Waals surface area contributed by atoms with Crippen molar-refractivity contribution in [2.24, 2.45) is 0 Å². The van der Waals surface area contributed by atoms with Crippen LogP contribution in [0.1, 0.15) is 34.6 Å². The fraction of sp³-hybridized carbons (Fsp3) is 0.263. The molecule has 0 atom stereocenters. The number of esters is 1. The summed E-state index contributed by atoms with van der Waals surface area (Å²) in [6, 6.07) is 6.10. The molecule has 156 valence electrons. The van der Waals surface area contributed by atoms with Crippen molar-refractivity contribution in [3.63, 3.8) is 0 Å². The van der Waals surface area contributed by atoms with Crippen LogP contribution in [0, 0.1) is 11.6 Å². The SMILES string of the molecule is CCN(CC)S(=O)(=O)c1ccc(Cl)c(C(=O)OCC(=O)c2ccc(F)c(F)c2)c1. The van der Waals surface area contributed by atoms with Gasteiger partial charge in [0.15, 0.2) is 24.0 Å². The van der Waals surface area contributed by atoms with Crippen LogP contribution in [0.4, 0.5) is 8.78 Å². The quantitative estimate of drug-likeness (QED) is 0.457. The van der Waals surface area contributed by atoms with E-state index in [1.54, 1.807) is 13.8 Å². The number of carbonyl (C=O) groups is 2. The van der Waals surface area contributed by atoms with Crippen LogP contribution in [0.2, 0.25) is 5.02 Å². The number of hydrogen-bond acceptors (Lipinski definition) is 5. The molecule has 0 fully saturated rings. The molecule has 0 bridgehead atoms. The van der Waals surface area contributed by atoms with Crippen molar-refractivity contribution in [2.75, 3.05) is 19.7 Å². The van der Waals surface area contributed by atoms with Gasteiger partial charge in [0.2, 0.25) is 10.0 Å². The minimum atomic E-state index is -3.83. The van der Waals surface area contributed by atoms with E-state index < -0.39 is 40.0 Å². The number of sulfonamides is 1. The molecule has 10 heteroatoms. The number of halogens is 3. The third-order valence-electron chi connectivity index (χ3n) is 4.08. The Morgan fingerprint density at radius 3 is 2.28 bits per heavy atom. The Hall–Kier alpha value is -2.36. The van der Waals surface area contributed by atoms with E-state index >= 15 is 0 Å². The summed E-state index contributed by atoms with van der Waals surface area (Å²) in [6.07, 6.45) is 0. The lowest BCUT2D eigenvalue weighted by Gasteiger charge is -2.19. The highest BCUT2D eigenvalue weighted by Gasteiger charge is 2.24. The van der Waals surface area contributed by atoms with Gasteiger partial charge in [0.25, 0.3) is 0 Å². The van der Waals surface area contributed by atoms with Gasteiger partial charge in [0.1, 0.15) is 0 Å². The Kier molecular flexibility index (Phi) is 7.45. The molecule has 0 spiro atoms. The molecule has 0 unspecified atom stereocenters. The summed E-state index contributed by atoms with van der Waals surface area (Å²) < 4.78 is 57.5. The Morgan fingerprint density at radius 2 is 1.69 bits per heavy atom. The molecule has 29 heavy (non-hydrogen) atoms. The summed E-state index contributed by atoms with van der Waals surface area (Å²) in [5.41, 5.74) is -0.418. The molecule has 0 aliphatic heterocycles. The predicted octanol–water partition coefficient (Wildman–Crippen LogP) is 3.69. The van der Waals surface area contributed by atoms with E-state index in [9.17, 15) is 26.8 Å². The van der Waals surface area contributed by atoms with Crippen LogP contribution in [0.15, 0.2) is 41.3 Å². The maximum absolute atomic E-state index is 13.2. The highest BCUT2D eigenvalue weighted by molar-refractivity contribution is 7.89.